The van der Waals surface area contributed by atoms with E-state index in [4.69, 9.17) is 5.73 Å². The van der Waals surface area contributed by atoms with Crippen LogP contribution in [0.15, 0.2) is 0 Å². The lowest BCUT2D eigenvalue weighted by atomic mass is 10.4. The van der Waals surface area contributed by atoms with Crippen LogP contribution < -0.4 is 5.73 Å². The molecule has 0 aromatic rings. The summed E-state index contributed by atoms with van der Waals surface area (Å²) in [6, 6.07) is -0.358. The second-order valence-electron chi connectivity index (χ2n) is 2.92. The van der Waals surface area contributed by atoms with E-state index in [0.29, 0.717) is 0 Å². The lowest BCUT2D eigenvalue weighted by molar-refractivity contribution is 0.216. The van der Waals surface area contributed by atoms with Crippen molar-refractivity contribution >= 4 is 6.03 Å². The van der Waals surface area contributed by atoms with Crippen LogP contribution in [-0.4, -0.2) is 50.1 Å². The van der Waals surface area contributed by atoms with Crippen LogP contribution in [0.1, 0.15) is 6.42 Å². The fraction of sp³-hybridized carbons (Fsp3) is 0.857. The van der Waals surface area contributed by atoms with E-state index in [2.05, 4.69) is 4.90 Å². The molecule has 0 unspecified atom stereocenters. The summed E-state index contributed by atoms with van der Waals surface area (Å²) in [7, 11) is 5.71. The number of urea groups is 1. The Morgan fingerprint density at radius 2 is 1.82 bits per heavy atom. The van der Waals surface area contributed by atoms with Gasteiger partial charge in [-0.2, -0.15) is 0 Å². The Balaban J connectivity index is 3.31. The topological polar surface area (TPSA) is 49.6 Å². The van der Waals surface area contributed by atoms with E-state index in [1.54, 1.807) is 7.05 Å². The van der Waals surface area contributed by atoms with Crippen molar-refractivity contribution in [3.63, 3.8) is 0 Å². The van der Waals surface area contributed by atoms with Gasteiger partial charge in [-0.3, -0.25) is 0 Å². The molecule has 0 aliphatic carbocycles. The second-order valence-corrected chi connectivity index (χ2v) is 2.92. The Kier molecular flexibility index (Phi) is 4.61. The van der Waals surface area contributed by atoms with Crippen molar-refractivity contribution in [3.05, 3.63) is 0 Å². The highest BCUT2D eigenvalue weighted by Gasteiger charge is 2.01. The zero-order valence-corrected chi connectivity index (χ0v) is 7.50. The standard InChI is InChI=1S/C7H17N3O/c1-9(2)5-4-6-10(3)7(8)11/h4-6H2,1-3H3,(H2,8,11). The van der Waals surface area contributed by atoms with Gasteiger partial charge in [0.1, 0.15) is 0 Å². The molecule has 11 heavy (non-hydrogen) atoms. The molecule has 4 heteroatoms. The van der Waals surface area contributed by atoms with Gasteiger partial charge in [0.05, 0.1) is 0 Å². The quantitative estimate of drug-likeness (QED) is 0.625. The summed E-state index contributed by atoms with van der Waals surface area (Å²) in [6.45, 7) is 1.71. The van der Waals surface area contributed by atoms with Crippen molar-refractivity contribution in [2.24, 2.45) is 5.73 Å². The third-order valence-corrected chi connectivity index (χ3v) is 1.48. The third kappa shape index (κ3) is 5.66. The number of primary amides is 1. The number of rotatable bonds is 4. The number of carbonyl (C=O) groups is 1. The fourth-order valence-electron chi connectivity index (χ4n) is 0.734. The van der Waals surface area contributed by atoms with Gasteiger partial charge in [-0.1, -0.05) is 0 Å². The van der Waals surface area contributed by atoms with E-state index in [-0.39, 0.29) is 6.03 Å². The average molecular weight is 159 g/mol. The Morgan fingerprint density at radius 3 is 2.18 bits per heavy atom. The van der Waals surface area contributed by atoms with Crippen LogP contribution in [-0.2, 0) is 0 Å². The van der Waals surface area contributed by atoms with Crippen LogP contribution in [0, 0.1) is 0 Å². The largest absolute Gasteiger partial charge is 0.351 e. The SMILES string of the molecule is CN(C)CCCN(C)C(N)=O. The Morgan fingerprint density at radius 1 is 1.27 bits per heavy atom. The lowest BCUT2D eigenvalue weighted by Crippen LogP contribution is -2.33. The van der Waals surface area contributed by atoms with Crippen LogP contribution in [0.25, 0.3) is 0 Å². The molecule has 4 nitrogen and oxygen atoms in total. The van der Waals surface area contributed by atoms with Crippen LogP contribution in [0.4, 0.5) is 4.79 Å². The number of nitrogens with two attached hydrogens (primary N) is 1. The minimum atomic E-state index is -0.358. The Bertz CT molecular complexity index is 125. The summed E-state index contributed by atoms with van der Waals surface area (Å²) in [5, 5.41) is 0. The molecule has 0 aromatic carbocycles. The van der Waals surface area contributed by atoms with Crippen LogP contribution in [0.2, 0.25) is 0 Å². The van der Waals surface area contributed by atoms with Crippen molar-refractivity contribution in [2.75, 3.05) is 34.2 Å². The second kappa shape index (κ2) is 4.96. The Hall–Kier alpha value is -0.770. The number of nitrogens with zero attached hydrogens (tertiary/aromatic N) is 2. The molecule has 0 aliphatic heterocycles. The van der Waals surface area contributed by atoms with E-state index >= 15 is 0 Å². The highest BCUT2D eigenvalue weighted by Crippen LogP contribution is 1.87. The first kappa shape index (κ1) is 10.2. The van der Waals surface area contributed by atoms with E-state index in [1.165, 1.54) is 4.90 Å². The molecule has 0 aromatic heterocycles. The summed E-state index contributed by atoms with van der Waals surface area (Å²) in [5.74, 6) is 0. The average Bonchev–Trinajstić information content (AvgIpc) is 1.86. The van der Waals surface area contributed by atoms with Gasteiger partial charge in [-0.15, -0.1) is 0 Å². The normalized spacial score (nSPS) is 10.2. The molecule has 0 spiro atoms. The molecule has 2 N–H and O–H groups in total. The molecule has 66 valence electrons. The van der Waals surface area contributed by atoms with Gasteiger partial charge in [0.15, 0.2) is 0 Å². The first-order valence-electron chi connectivity index (χ1n) is 3.69. The molecule has 0 rings (SSSR count). The van der Waals surface area contributed by atoms with Crippen LogP contribution >= 0.6 is 0 Å². The number of carbonyl (C=O) groups excluding carboxylic acids is 1. The predicted molar refractivity (Wildman–Crippen MR) is 45.4 cm³/mol. The molecule has 0 saturated heterocycles. The molecular formula is C7H17N3O. The first-order chi connectivity index (χ1) is 5.04. The molecule has 0 aliphatic rings. The maximum Gasteiger partial charge on any atom is 0.314 e. The zero-order chi connectivity index (χ0) is 8.85. The number of hydrogen-bond donors (Lipinski definition) is 1. The van der Waals surface area contributed by atoms with E-state index in [0.717, 1.165) is 19.5 Å². The Labute approximate surface area is 67.9 Å². The lowest BCUT2D eigenvalue weighted by Gasteiger charge is -2.15. The fourth-order valence-corrected chi connectivity index (χ4v) is 0.734. The van der Waals surface area contributed by atoms with Crippen molar-refractivity contribution in [1.82, 2.24) is 9.80 Å². The molecular weight excluding hydrogens is 142 g/mol. The summed E-state index contributed by atoms with van der Waals surface area (Å²) in [6.07, 6.45) is 0.965. The zero-order valence-electron chi connectivity index (χ0n) is 7.50. The summed E-state index contributed by atoms with van der Waals surface area (Å²) >= 11 is 0. The van der Waals surface area contributed by atoms with Crippen molar-refractivity contribution in [3.8, 4) is 0 Å². The molecule has 0 radical (unpaired) electrons. The van der Waals surface area contributed by atoms with Crippen molar-refractivity contribution in [2.45, 2.75) is 6.42 Å². The molecule has 0 saturated carbocycles. The number of hydrogen-bond acceptors (Lipinski definition) is 2. The monoisotopic (exact) mass is 159 g/mol. The number of amides is 2. The van der Waals surface area contributed by atoms with Gasteiger partial charge in [-0.25, -0.2) is 4.79 Å². The third-order valence-electron chi connectivity index (χ3n) is 1.48. The maximum atomic E-state index is 10.5. The van der Waals surface area contributed by atoms with Gasteiger partial charge in [-0.05, 0) is 27.1 Å². The maximum absolute atomic E-state index is 10.5. The summed E-state index contributed by atoms with van der Waals surface area (Å²) in [5.41, 5.74) is 5.03. The minimum absolute atomic E-state index is 0.358. The van der Waals surface area contributed by atoms with Gasteiger partial charge in [0, 0.05) is 13.6 Å². The minimum Gasteiger partial charge on any atom is -0.351 e. The van der Waals surface area contributed by atoms with Gasteiger partial charge < -0.3 is 15.5 Å². The summed E-state index contributed by atoms with van der Waals surface area (Å²) < 4.78 is 0. The van der Waals surface area contributed by atoms with Crippen LogP contribution in [0.3, 0.4) is 0 Å². The molecule has 0 fully saturated rings. The van der Waals surface area contributed by atoms with Gasteiger partial charge >= 0.3 is 6.03 Å². The smallest absolute Gasteiger partial charge is 0.314 e. The predicted octanol–water partition coefficient (Wildman–Crippen LogP) is -0.0514. The van der Waals surface area contributed by atoms with Crippen LogP contribution in [0.5, 0.6) is 0 Å². The first-order valence-corrected chi connectivity index (χ1v) is 3.69. The van der Waals surface area contributed by atoms with E-state index in [1.807, 2.05) is 14.1 Å². The molecule has 2 amide bonds. The molecule has 0 bridgehead atoms. The van der Waals surface area contributed by atoms with Gasteiger partial charge in [0.25, 0.3) is 0 Å². The van der Waals surface area contributed by atoms with Crippen molar-refractivity contribution < 1.29 is 4.79 Å². The van der Waals surface area contributed by atoms with E-state index in [9.17, 15) is 4.79 Å². The van der Waals surface area contributed by atoms with E-state index < -0.39 is 0 Å². The van der Waals surface area contributed by atoms with Crippen molar-refractivity contribution in [1.29, 1.82) is 0 Å². The highest BCUT2D eigenvalue weighted by atomic mass is 16.2. The summed E-state index contributed by atoms with van der Waals surface area (Å²) in [4.78, 5) is 14.1. The molecule has 0 atom stereocenters. The molecule has 0 heterocycles. The highest BCUT2D eigenvalue weighted by molar-refractivity contribution is 5.71. The van der Waals surface area contributed by atoms with Gasteiger partial charge in [0.2, 0.25) is 0 Å².